The molecule has 0 aliphatic heterocycles. The van der Waals surface area contributed by atoms with Crippen LogP contribution in [0.1, 0.15) is 5.56 Å². The molecule has 1 aromatic rings. The van der Waals surface area contributed by atoms with Crippen molar-refractivity contribution in [1.82, 2.24) is 0 Å². The minimum atomic E-state index is -1.67. The molecule has 0 heterocycles. The van der Waals surface area contributed by atoms with Crippen LogP contribution in [0.15, 0.2) is 0 Å². The molecule has 0 saturated heterocycles. The molecular formula is C7B7I. The van der Waals surface area contributed by atoms with E-state index >= 15 is 0 Å². The first kappa shape index (κ1) is 13.5. The van der Waals surface area contributed by atoms with Crippen LogP contribution in [-0.2, 0) is 5.11 Å². The predicted octanol–water partition coefficient (Wildman–Crippen LogP) is -3.92. The van der Waals surface area contributed by atoms with Crippen LogP contribution in [-0.4, -0.2) is 54.9 Å². The summed E-state index contributed by atoms with van der Waals surface area (Å²) in [6.07, 6.45) is 0. The van der Waals surface area contributed by atoms with Crippen molar-refractivity contribution < 1.29 is 0 Å². The van der Waals surface area contributed by atoms with E-state index in [1.807, 2.05) is 22.6 Å². The second-order valence-corrected chi connectivity index (χ2v) is 4.36. The molecule has 56 valence electrons. The Bertz CT molecular complexity index is 380. The lowest BCUT2D eigenvalue weighted by atomic mass is 9.37. The molecular weight excluding hydrogens is 287 g/mol. The van der Waals surface area contributed by atoms with Gasteiger partial charge in [-0.3, -0.25) is 0 Å². The van der Waals surface area contributed by atoms with E-state index < -0.39 is 5.11 Å². The second-order valence-electron chi connectivity index (χ2n) is 3.28. The standard InChI is InChI=1S/C7B7I/c8-2-1(7(12,13)14)3(9)5(11)6(15)4(2)10. The first-order valence-corrected chi connectivity index (χ1v) is 5.04. The summed E-state index contributed by atoms with van der Waals surface area (Å²) < 4.78 is 0.565. The molecule has 15 heavy (non-hydrogen) atoms. The van der Waals surface area contributed by atoms with Crippen LogP contribution < -0.4 is 21.9 Å². The van der Waals surface area contributed by atoms with E-state index in [0.29, 0.717) is 3.57 Å². The molecule has 8 heteroatoms. The summed E-state index contributed by atoms with van der Waals surface area (Å²) in [5.74, 6) is 0. The molecule has 0 nitrogen and oxygen atoms in total. The normalized spacial score (nSPS) is 11.5. The summed E-state index contributed by atoms with van der Waals surface area (Å²) in [4.78, 5) is 0. The van der Waals surface area contributed by atoms with E-state index in [1.165, 1.54) is 0 Å². The highest BCUT2D eigenvalue weighted by Gasteiger charge is 2.20. The van der Waals surface area contributed by atoms with Crippen molar-refractivity contribution in [3.8, 4) is 0 Å². The summed E-state index contributed by atoms with van der Waals surface area (Å²) in [6.45, 7) is 0. The van der Waals surface area contributed by atoms with Crippen molar-refractivity contribution in [2.24, 2.45) is 0 Å². The van der Waals surface area contributed by atoms with Crippen molar-refractivity contribution >= 4 is 99.4 Å². The van der Waals surface area contributed by atoms with E-state index in [9.17, 15) is 0 Å². The van der Waals surface area contributed by atoms with Gasteiger partial charge >= 0.3 is 0 Å². The Morgan fingerprint density at radius 1 is 0.733 bits per heavy atom. The third-order valence-electron chi connectivity index (χ3n) is 2.02. The summed E-state index contributed by atoms with van der Waals surface area (Å²) >= 11 is 1.93. The zero-order valence-electron chi connectivity index (χ0n) is 7.92. The van der Waals surface area contributed by atoms with Crippen LogP contribution in [0.3, 0.4) is 0 Å². The Kier molecular flexibility index (Phi) is 3.90. The monoisotopic (exact) mass is 288 g/mol. The summed E-state index contributed by atoms with van der Waals surface area (Å²) in [5, 5.41) is -1.67. The fraction of sp³-hybridized carbons (Fsp3) is 0.143. The van der Waals surface area contributed by atoms with E-state index in [4.69, 9.17) is 54.9 Å². The smallest absolute Gasteiger partial charge is 0.108 e. The maximum Gasteiger partial charge on any atom is 0.114 e. The van der Waals surface area contributed by atoms with Gasteiger partial charge in [0, 0.05) is 0 Å². The van der Waals surface area contributed by atoms with Gasteiger partial charge in [0.25, 0.3) is 0 Å². The molecule has 0 fully saturated rings. The molecule has 1 rings (SSSR count). The maximum absolute atomic E-state index is 5.73. The average molecular weight is 287 g/mol. The zero-order valence-corrected chi connectivity index (χ0v) is 10.1. The molecule has 0 aliphatic rings. The van der Waals surface area contributed by atoms with Gasteiger partial charge in [0.15, 0.2) is 0 Å². The van der Waals surface area contributed by atoms with Crippen molar-refractivity contribution in [3.05, 3.63) is 9.13 Å². The Balaban J connectivity index is 3.68. The fourth-order valence-corrected chi connectivity index (χ4v) is 1.84. The van der Waals surface area contributed by atoms with Crippen LogP contribution in [0.25, 0.3) is 0 Å². The van der Waals surface area contributed by atoms with Crippen molar-refractivity contribution in [2.45, 2.75) is 5.11 Å². The molecule has 0 unspecified atom stereocenters. The Hall–Kier alpha value is 0.405. The van der Waals surface area contributed by atoms with Crippen LogP contribution in [0.4, 0.5) is 0 Å². The molecule has 0 N–H and O–H groups in total. The van der Waals surface area contributed by atoms with E-state index in [-0.39, 0.29) is 27.4 Å². The van der Waals surface area contributed by atoms with Gasteiger partial charge in [-0.25, -0.2) is 0 Å². The third-order valence-corrected chi connectivity index (χ3v) is 3.19. The number of hydrogen-bond donors (Lipinski definition) is 0. The van der Waals surface area contributed by atoms with Gasteiger partial charge in [0.05, 0.1) is 23.5 Å². The summed E-state index contributed by atoms with van der Waals surface area (Å²) in [6, 6.07) is 0. The van der Waals surface area contributed by atoms with Crippen molar-refractivity contribution in [1.29, 1.82) is 0 Å². The van der Waals surface area contributed by atoms with Crippen molar-refractivity contribution in [2.75, 3.05) is 0 Å². The van der Waals surface area contributed by atoms with E-state index in [0.717, 1.165) is 0 Å². The highest BCUT2D eigenvalue weighted by atomic mass is 127. The minimum absolute atomic E-state index is 0.165. The van der Waals surface area contributed by atoms with Crippen molar-refractivity contribution in [3.63, 3.8) is 0 Å². The molecule has 0 bridgehead atoms. The molecule has 1 aromatic carbocycles. The van der Waals surface area contributed by atoms with Crippen LogP contribution in [0.2, 0.25) is 0 Å². The quantitative estimate of drug-likeness (QED) is 0.366. The fourth-order valence-electron chi connectivity index (χ4n) is 1.26. The maximum atomic E-state index is 5.73. The number of benzene rings is 1. The molecule has 0 spiro atoms. The molecule has 0 aromatic heterocycles. The second kappa shape index (κ2) is 4.35. The van der Waals surface area contributed by atoms with Gasteiger partial charge in [-0.15, -0.1) is 16.0 Å². The van der Waals surface area contributed by atoms with Crippen LogP contribution in [0, 0.1) is 3.57 Å². The van der Waals surface area contributed by atoms with Gasteiger partial charge in [-0.2, -0.15) is 0 Å². The Labute approximate surface area is 113 Å². The topological polar surface area (TPSA) is 0 Å². The minimum Gasteiger partial charge on any atom is -0.108 e. The highest BCUT2D eigenvalue weighted by Crippen LogP contribution is 2.07. The SMILES string of the molecule is [B]c1c([B])c(C([B])([B])[B])c([B])c([B])c1I. The van der Waals surface area contributed by atoms with Gasteiger partial charge in [-0.1, -0.05) is 16.5 Å². The highest BCUT2D eigenvalue weighted by molar-refractivity contribution is 14.1. The van der Waals surface area contributed by atoms with Gasteiger partial charge < -0.3 is 0 Å². The molecule has 0 aliphatic carbocycles. The third kappa shape index (κ3) is 2.40. The largest absolute Gasteiger partial charge is 0.114 e. The molecule has 0 atom stereocenters. The van der Waals surface area contributed by atoms with E-state index in [1.54, 1.807) is 0 Å². The number of hydrogen-bond acceptors (Lipinski definition) is 0. The van der Waals surface area contributed by atoms with Gasteiger partial charge in [0.2, 0.25) is 0 Å². The molecule has 14 radical (unpaired) electrons. The first-order valence-electron chi connectivity index (χ1n) is 3.96. The first-order chi connectivity index (χ1) is 6.68. The van der Waals surface area contributed by atoms with Crippen LogP contribution >= 0.6 is 22.6 Å². The zero-order chi connectivity index (χ0) is 12.0. The molecule has 0 amide bonds. The predicted molar refractivity (Wildman–Crippen MR) is 79.7 cm³/mol. The Morgan fingerprint density at radius 3 is 1.33 bits per heavy atom. The average Bonchev–Trinajstić information content (AvgIpc) is 2.09. The van der Waals surface area contributed by atoms with E-state index in [2.05, 4.69) is 0 Å². The number of halogens is 1. The summed E-state index contributed by atoms with van der Waals surface area (Å²) in [5.41, 5.74) is 1.06. The van der Waals surface area contributed by atoms with Gasteiger partial charge in [-0.05, 0) is 26.2 Å². The lowest BCUT2D eigenvalue weighted by molar-refractivity contribution is 1.28. The summed E-state index contributed by atoms with van der Waals surface area (Å²) in [7, 11) is 39.5. The lowest BCUT2D eigenvalue weighted by Crippen LogP contribution is -2.52. The van der Waals surface area contributed by atoms with Crippen LogP contribution in [0.5, 0.6) is 0 Å². The number of rotatable bonds is 1. The lowest BCUT2D eigenvalue weighted by Gasteiger charge is -2.30. The Morgan fingerprint density at radius 2 is 1.07 bits per heavy atom. The van der Waals surface area contributed by atoms with Gasteiger partial charge in [0.1, 0.15) is 31.4 Å². The molecule has 0 saturated carbocycles.